The average molecular weight is 660 g/mol. The molecular weight excluding hydrogens is 635 g/mol. The van der Waals surface area contributed by atoms with Crippen LogP contribution in [0.4, 0.5) is 57.1 Å². The molecule has 0 spiro atoms. The first kappa shape index (κ1) is 36.8. The first-order valence-corrected chi connectivity index (χ1v) is 12.8. The van der Waals surface area contributed by atoms with Crippen molar-refractivity contribution in [3.63, 3.8) is 0 Å². The second kappa shape index (κ2) is 14.1. The van der Waals surface area contributed by atoms with Crippen LogP contribution in [0.2, 0.25) is 0 Å². The standard InChI is InChI=1S/C27H25F13O4/c1-2-3-4-5-6-7-14-42-18-12-13-19(21(29)20(18)28)44-22(41)16-8-10-17(11-9-16)43-15-23(30,31)24(32,33)25(34,35)26(36,37)27(38,39)40/h8-13H,2-7,14-15H2,1H3. The maximum Gasteiger partial charge on any atom is 0.460 e. The summed E-state index contributed by atoms with van der Waals surface area (Å²) in [5.74, 6) is -35.2. The fraction of sp³-hybridized carbons (Fsp3) is 0.519. The number of esters is 1. The number of halogens is 13. The van der Waals surface area contributed by atoms with Crippen LogP contribution in [0.1, 0.15) is 55.8 Å². The Morgan fingerprint density at radius 1 is 0.636 bits per heavy atom. The predicted molar refractivity (Wildman–Crippen MR) is 128 cm³/mol. The largest absolute Gasteiger partial charge is 0.490 e. The summed E-state index contributed by atoms with van der Waals surface area (Å²) in [5, 5.41) is 0. The molecule has 2 rings (SSSR count). The number of alkyl halides is 11. The van der Waals surface area contributed by atoms with E-state index in [1.54, 1.807) is 0 Å². The smallest absolute Gasteiger partial charge is 0.460 e. The van der Waals surface area contributed by atoms with Gasteiger partial charge in [0.05, 0.1) is 12.2 Å². The molecule has 0 saturated carbocycles. The van der Waals surface area contributed by atoms with E-state index in [0.29, 0.717) is 30.7 Å². The third-order valence-corrected chi connectivity index (χ3v) is 6.08. The highest BCUT2D eigenvalue weighted by Gasteiger charge is 2.87. The van der Waals surface area contributed by atoms with E-state index in [0.717, 1.165) is 44.2 Å². The molecule has 248 valence electrons. The van der Waals surface area contributed by atoms with Gasteiger partial charge in [-0.2, -0.15) is 57.1 Å². The minimum Gasteiger partial charge on any atom is -0.490 e. The minimum absolute atomic E-state index is 0.0993. The summed E-state index contributed by atoms with van der Waals surface area (Å²) in [6, 6.07) is 4.51. The van der Waals surface area contributed by atoms with Crippen molar-refractivity contribution in [2.24, 2.45) is 0 Å². The van der Waals surface area contributed by atoms with Gasteiger partial charge in [0.1, 0.15) is 5.75 Å². The van der Waals surface area contributed by atoms with Crippen LogP contribution in [0.5, 0.6) is 17.2 Å². The first-order chi connectivity index (χ1) is 20.2. The fourth-order valence-electron chi connectivity index (χ4n) is 3.48. The molecule has 2 aromatic rings. The van der Waals surface area contributed by atoms with Crippen molar-refractivity contribution in [1.82, 2.24) is 0 Å². The van der Waals surface area contributed by atoms with E-state index in [-0.39, 0.29) is 6.61 Å². The first-order valence-electron chi connectivity index (χ1n) is 12.8. The normalized spacial score (nSPS) is 13.1. The van der Waals surface area contributed by atoms with Crippen molar-refractivity contribution in [1.29, 1.82) is 0 Å². The maximum atomic E-state index is 14.4. The van der Waals surface area contributed by atoms with Crippen LogP contribution in [-0.2, 0) is 0 Å². The molecule has 0 aliphatic heterocycles. The van der Waals surface area contributed by atoms with Gasteiger partial charge in [-0.3, -0.25) is 0 Å². The topological polar surface area (TPSA) is 44.8 Å². The summed E-state index contributed by atoms with van der Waals surface area (Å²) < 4.78 is 187. The van der Waals surface area contributed by atoms with Crippen molar-refractivity contribution in [2.75, 3.05) is 13.2 Å². The summed E-state index contributed by atoms with van der Waals surface area (Å²) in [4.78, 5) is 12.3. The molecule has 0 amide bonds. The van der Waals surface area contributed by atoms with Gasteiger partial charge in [0.25, 0.3) is 0 Å². The van der Waals surface area contributed by atoms with Gasteiger partial charge in [0.15, 0.2) is 18.1 Å². The van der Waals surface area contributed by atoms with Crippen LogP contribution in [-0.4, -0.2) is 49.0 Å². The minimum atomic E-state index is -7.58. The van der Waals surface area contributed by atoms with Crippen LogP contribution < -0.4 is 14.2 Å². The summed E-state index contributed by atoms with van der Waals surface area (Å²) in [5.41, 5.74) is -0.478. The van der Waals surface area contributed by atoms with Crippen molar-refractivity contribution in [3.8, 4) is 17.2 Å². The number of unbranched alkanes of at least 4 members (excludes halogenated alkanes) is 5. The highest BCUT2D eigenvalue weighted by molar-refractivity contribution is 5.91. The molecular formula is C27H25F13O4. The molecule has 0 aliphatic rings. The number of rotatable bonds is 16. The van der Waals surface area contributed by atoms with E-state index in [1.165, 1.54) is 0 Å². The highest BCUT2D eigenvalue weighted by atomic mass is 19.4. The molecule has 0 aliphatic carbocycles. The Balaban J connectivity index is 2.02. The Morgan fingerprint density at radius 2 is 1.16 bits per heavy atom. The molecule has 0 unspecified atom stereocenters. The summed E-state index contributed by atoms with van der Waals surface area (Å²) in [7, 11) is 0. The van der Waals surface area contributed by atoms with Crippen LogP contribution in [0.15, 0.2) is 36.4 Å². The summed E-state index contributed by atoms with van der Waals surface area (Å²) in [6.07, 6.45) is -1.78. The van der Waals surface area contributed by atoms with Gasteiger partial charge >= 0.3 is 35.8 Å². The Labute approximate surface area is 242 Å². The highest BCUT2D eigenvalue weighted by Crippen LogP contribution is 2.57. The van der Waals surface area contributed by atoms with Crippen molar-refractivity contribution in [2.45, 2.75) is 75.3 Å². The Hall–Kier alpha value is -3.40. The van der Waals surface area contributed by atoms with Crippen molar-refractivity contribution >= 4 is 5.97 Å². The number of hydrogen-bond acceptors (Lipinski definition) is 4. The van der Waals surface area contributed by atoms with Gasteiger partial charge in [0.2, 0.25) is 11.6 Å². The van der Waals surface area contributed by atoms with Crippen LogP contribution >= 0.6 is 0 Å². The van der Waals surface area contributed by atoms with E-state index in [1.807, 2.05) is 0 Å². The molecule has 0 heterocycles. The fourth-order valence-corrected chi connectivity index (χ4v) is 3.48. The van der Waals surface area contributed by atoms with Crippen LogP contribution in [0.3, 0.4) is 0 Å². The average Bonchev–Trinajstić information content (AvgIpc) is 2.94. The third-order valence-electron chi connectivity index (χ3n) is 6.08. The van der Waals surface area contributed by atoms with Crippen molar-refractivity contribution in [3.05, 3.63) is 53.6 Å². The van der Waals surface area contributed by atoms with Crippen molar-refractivity contribution < 1.29 is 76.1 Å². The molecule has 0 aromatic heterocycles. The Kier molecular flexibility index (Phi) is 11.8. The molecule has 0 saturated heterocycles. The van der Waals surface area contributed by atoms with E-state index in [9.17, 15) is 61.9 Å². The Morgan fingerprint density at radius 3 is 1.73 bits per heavy atom. The van der Waals surface area contributed by atoms with Gasteiger partial charge in [0, 0.05) is 0 Å². The number of ether oxygens (including phenoxy) is 3. The lowest BCUT2D eigenvalue weighted by atomic mass is 9.98. The summed E-state index contributed by atoms with van der Waals surface area (Å²) >= 11 is 0. The molecule has 0 radical (unpaired) electrons. The second-order valence-corrected chi connectivity index (χ2v) is 9.43. The van der Waals surface area contributed by atoms with Gasteiger partial charge in [-0.25, -0.2) is 4.79 Å². The van der Waals surface area contributed by atoms with Gasteiger partial charge < -0.3 is 14.2 Å². The van der Waals surface area contributed by atoms with Gasteiger partial charge in [-0.1, -0.05) is 39.0 Å². The molecule has 0 bridgehead atoms. The molecule has 0 atom stereocenters. The lowest BCUT2D eigenvalue weighted by Gasteiger charge is -2.37. The van der Waals surface area contributed by atoms with Crippen LogP contribution in [0, 0.1) is 11.6 Å². The number of hydrogen-bond donors (Lipinski definition) is 0. The van der Waals surface area contributed by atoms with E-state index < -0.39 is 76.9 Å². The predicted octanol–water partition coefficient (Wildman–Crippen LogP) is 9.41. The monoisotopic (exact) mass is 660 g/mol. The van der Waals surface area contributed by atoms with Gasteiger partial charge in [-0.05, 0) is 42.8 Å². The molecule has 2 aromatic carbocycles. The maximum absolute atomic E-state index is 14.4. The summed E-state index contributed by atoms with van der Waals surface area (Å²) in [6.45, 7) is -0.634. The zero-order valence-corrected chi connectivity index (χ0v) is 22.7. The lowest BCUT2D eigenvalue weighted by Crippen LogP contribution is -2.67. The number of carbonyl (C=O) groups is 1. The zero-order chi connectivity index (χ0) is 33.6. The zero-order valence-electron chi connectivity index (χ0n) is 22.7. The number of carbonyl (C=O) groups excluding carboxylic acids is 1. The van der Waals surface area contributed by atoms with Crippen LogP contribution in [0.25, 0.3) is 0 Å². The van der Waals surface area contributed by atoms with E-state index in [2.05, 4.69) is 11.7 Å². The SMILES string of the molecule is CCCCCCCCOc1ccc(OC(=O)c2ccc(OCC(F)(F)C(F)(F)C(F)(F)C(F)(F)C(F)(F)F)cc2)c(F)c1F. The van der Waals surface area contributed by atoms with E-state index >= 15 is 0 Å². The molecule has 17 heteroatoms. The quantitative estimate of drug-likeness (QED) is 0.0779. The lowest BCUT2D eigenvalue weighted by molar-refractivity contribution is -0.423. The second-order valence-electron chi connectivity index (χ2n) is 9.43. The molecule has 0 N–H and O–H groups in total. The molecule has 0 fully saturated rings. The molecule has 44 heavy (non-hydrogen) atoms. The Bertz CT molecular complexity index is 1250. The number of benzene rings is 2. The third kappa shape index (κ3) is 8.00. The van der Waals surface area contributed by atoms with E-state index in [4.69, 9.17) is 9.47 Å². The molecule has 4 nitrogen and oxygen atoms in total. The van der Waals surface area contributed by atoms with Gasteiger partial charge in [-0.15, -0.1) is 0 Å².